The van der Waals surface area contributed by atoms with E-state index >= 15 is 0 Å². The van der Waals surface area contributed by atoms with Crippen LogP contribution in [-0.2, 0) is 0 Å². The quantitative estimate of drug-likeness (QED) is 0.847. The van der Waals surface area contributed by atoms with E-state index in [1.54, 1.807) is 12.3 Å². The van der Waals surface area contributed by atoms with Crippen LogP contribution < -0.4 is 10.6 Å². The van der Waals surface area contributed by atoms with Crippen molar-refractivity contribution in [2.24, 2.45) is 0 Å². The second-order valence-electron chi connectivity index (χ2n) is 5.02. The Labute approximate surface area is 118 Å². The lowest BCUT2D eigenvalue weighted by atomic mass is 10.1. The number of hydrogen-bond donors (Lipinski definition) is 1. The van der Waals surface area contributed by atoms with E-state index in [1.165, 1.54) is 5.56 Å². The largest absolute Gasteiger partial charge is 0.398 e. The zero-order valence-corrected chi connectivity index (χ0v) is 11.2. The molecule has 1 aromatic heterocycles. The minimum absolute atomic E-state index is 0.344. The zero-order valence-electron chi connectivity index (χ0n) is 11.2. The number of aromatic nitrogens is 1. The van der Waals surface area contributed by atoms with Crippen molar-refractivity contribution in [3.8, 4) is 6.07 Å². The molecule has 20 heavy (non-hydrogen) atoms. The molecule has 0 saturated carbocycles. The molecular weight excluding hydrogens is 248 g/mol. The van der Waals surface area contributed by atoms with Crippen LogP contribution >= 0.6 is 0 Å². The average molecular weight is 264 g/mol. The van der Waals surface area contributed by atoms with Crippen LogP contribution in [0.25, 0.3) is 0 Å². The van der Waals surface area contributed by atoms with Gasteiger partial charge in [0.05, 0.1) is 17.3 Å². The highest BCUT2D eigenvalue weighted by molar-refractivity contribution is 5.64. The number of nitrogen functional groups attached to an aromatic ring is 1. The van der Waals surface area contributed by atoms with Gasteiger partial charge in [-0.3, -0.25) is 4.98 Å². The second-order valence-corrected chi connectivity index (χ2v) is 5.02. The van der Waals surface area contributed by atoms with E-state index in [9.17, 15) is 0 Å². The van der Waals surface area contributed by atoms with Crippen molar-refractivity contribution >= 4 is 11.4 Å². The molecule has 2 N–H and O–H groups in total. The molecule has 0 spiro atoms. The van der Waals surface area contributed by atoms with Crippen molar-refractivity contribution in [3.05, 3.63) is 53.9 Å². The number of hydrogen-bond acceptors (Lipinski definition) is 4. The molecule has 1 saturated heterocycles. The Balaban J connectivity index is 1.93. The molecule has 100 valence electrons. The molecule has 1 aliphatic heterocycles. The molecule has 1 aliphatic rings. The summed E-state index contributed by atoms with van der Waals surface area (Å²) in [5.74, 6) is 0. The van der Waals surface area contributed by atoms with Crippen molar-refractivity contribution in [1.29, 1.82) is 5.26 Å². The van der Waals surface area contributed by atoms with Crippen LogP contribution in [0.4, 0.5) is 11.4 Å². The Hall–Kier alpha value is -2.54. The van der Waals surface area contributed by atoms with Crippen LogP contribution in [0.15, 0.2) is 42.7 Å². The Morgan fingerprint density at radius 2 is 2.25 bits per heavy atom. The SMILES string of the molecule is N#Cc1ccc(N2CCCC2c2cccnc2)cc1N. The second kappa shape index (κ2) is 5.22. The number of pyridine rings is 1. The summed E-state index contributed by atoms with van der Waals surface area (Å²) >= 11 is 0. The number of nitrogens with zero attached hydrogens (tertiary/aromatic N) is 3. The smallest absolute Gasteiger partial charge is 0.101 e. The molecule has 1 atom stereocenters. The maximum absolute atomic E-state index is 8.95. The highest BCUT2D eigenvalue weighted by Gasteiger charge is 2.26. The van der Waals surface area contributed by atoms with E-state index in [2.05, 4.69) is 22.0 Å². The van der Waals surface area contributed by atoms with Gasteiger partial charge in [0.2, 0.25) is 0 Å². The summed E-state index contributed by atoms with van der Waals surface area (Å²) in [5.41, 5.74) is 9.30. The van der Waals surface area contributed by atoms with Gasteiger partial charge in [-0.2, -0.15) is 5.26 Å². The predicted molar refractivity (Wildman–Crippen MR) is 79.1 cm³/mol. The van der Waals surface area contributed by atoms with Crippen LogP contribution in [0.1, 0.15) is 30.0 Å². The first-order chi connectivity index (χ1) is 9.79. The number of rotatable bonds is 2. The van der Waals surface area contributed by atoms with Gasteiger partial charge >= 0.3 is 0 Å². The molecule has 1 fully saturated rings. The number of benzene rings is 1. The van der Waals surface area contributed by atoms with Gasteiger partial charge in [-0.1, -0.05) is 6.07 Å². The Morgan fingerprint density at radius 1 is 1.35 bits per heavy atom. The summed E-state index contributed by atoms with van der Waals surface area (Å²) in [6.45, 7) is 1.00. The third-order valence-corrected chi connectivity index (χ3v) is 3.81. The lowest BCUT2D eigenvalue weighted by Gasteiger charge is -2.27. The van der Waals surface area contributed by atoms with Gasteiger partial charge < -0.3 is 10.6 Å². The van der Waals surface area contributed by atoms with E-state index in [-0.39, 0.29) is 0 Å². The van der Waals surface area contributed by atoms with Crippen molar-refractivity contribution in [3.63, 3.8) is 0 Å². The summed E-state index contributed by atoms with van der Waals surface area (Å²) < 4.78 is 0. The Kier molecular flexibility index (Phi) is 3.26. The van der Waals surface area contributed by atoms with E-state index in [1.807, 2.05) is 24.4 Å². The Morgan fingerprint density at radius 3 is 2.95 bits per heavy atom. The normalized spacial score (nSPS) is 17.9. The summed E-state index contributed by atoms with van der Waals surface area (Å²) in [6.07, 6.45) is 5.99. The standard InChI is InChI=1S/C16H16N4/c17-10-12-5-6-14(9-15(12)18)20-8-2-4-16(20)13-3-1-7-19-11-13/h1,3,5-7,9,11,16H,2,4,8,18H2. The predicted octanol–water partition coefficient (Wildman–Crippen LogP) is 2.88. The van der Waals surface area contributed by atoms with Gasteiger partial charge in [0.15, 0.2) is 0 Å². The fourth-order valence-corrected chi connectivity index (χ4v) is 2.83. The first-order valence-corrected chi connectivity index (χ1v) is 6.76. The van der Waals surface area contributed by atoms with Crippen molar-refractivity contribution < 1.29 is 0 Å². The number of anilines is 2. The highest BCUT2D eigenvalue weighted by Crippen LogP contribution is 2.36. The highest BCUT2D eigenvalue weighted by atomic mass is 15.2. The monoisotopic (exact) mass is 264 g/mol. The van der Waals surface area contributed by atoms with Crippen LogP contribution in [0.2, 0.25) is 0 Å². The van der Waals surface area contributed by atoms with E-state index in [4.69, 9.17) is 11.0 Å². The molecule has 2 aromatic rings. The molecule has 0 amide bonds. The van der Waals surface area contributed by atoms with Gasteiger partial charge in [0, 0.05) is 24.6 Å². The van der Waals surface area contributed by atoms with Crippen molar-refractivity contribution in [2.75, 3.05) is 17.2 Å². The lowest BCUT2D eigenvalue weighted by Crippen LogP contribution is -2.22. The van der Waals surface area contributed by atoms with Crippen LogP contribution in [-0.4, -0.2) is 11.5 Å². The fourth-order valence-electron chi connectivity index (χ4n) is 2.83. The molecule has 4 nitrogen and oxygen atoms in total. The summed E-state index contributed by atoms with van der Waals surface area (Å²) in [6, 6.07) is 12.2. The molecule has 4 heteroatoms. The van der Waals surface area contributed by atoms with E-state index in [0.717, 1.165) is 25.1 Å². The maximum Gasteiger partial charge on any atom is 0.101 e. The van der Waals surface area contributed by atoms with Gasteiger partial charge in [-0.15, -0.1) is 0 Å². The van der Waals surface area contributed by atoms with Gasteiger partial charge in [-0.05, 0) is 42.7 Å². The number of nitrogens with two attached hydrogens (primary N) is 1. The molecule has 1 aromatic carbocycles. The molecular formula is C16H16N4. The molecule has 2 heterocycles. The molecule has 3 rings (SSSR count). The van der Waals surface area contributed by atoms with Gasteiger partial charge in [0.25, 0.3) is 0 Å². The first-order valence-electron chi connectivity index (χ1n) is 6.76. The average Bonchev–Trinajstić information content (AvgIpc) is 2.97. The minimum Gasteiger partial charge on any atom is -0.398 e. The van der Waals surface area contributed by atoms with Crippen molar-refractivity contribution in [2.45, 2.75) is 18.9 Å². The summed E-state index contributed by atoms with van der Waals surface area (Å²) in [4.78, 5) is 6.55. The third-order valence-electron chi connectivity index (χ3n) is 3.81. The van der Waals surface area contributed by atoms with Gasteiger partial charge in [0.1, 0.15) is 6.07 Å². The van der Waals surface area contributed by atoms with Crippen LogP contribution in [0, 0.1) is 11.3 Å². The lowest BCUT2D eigenvalue weighted by molar-refractivity contribution is 0.715. The topological polar surface area (TPSA) is 65.9 Å². The van der Waals surface area contributed by atoms with Crippen LogP contribution in [0.5, 0.6) is 0 Å². The maximum atomic E-state index is 8.95. The zero-order chi connectivity index (χ0) is 13.9. The van der Waals surface area contributed by atoms with E-state index in [0.29, 0.717) is 17.3 Å². The first kappa shape index (κ1) is 12.5. The summed E-state index contributed by atoms with van der Waals surface area (Å²) in [5, 5.41) is 8.95. The third kappa shape index (κ3) is 2.19. The summed E-state index contributed by atoms with van der Waals surface area (Å²) in [7, 11) is 0. The van der Waals surface area contributed by atoms with Crippen LogP contribution in [0.3, 0.4) is 0 Å². The minimum atomic E-state index is 0.344. The molecule has 0 radical (unpaired) electrons. The molecule has 1 unspecified atom stereocenters. The van der Waals surface area contributed by atoms with E-state index < -0.39 is 0 Å². The molecule has 0 aliphatic carbocycles. The number of nitriles is 1. The van der Waals surface area contributed by atoms with Gasteiger partial charge in [-0.25, -0.2) is 0 Å². The molecule has 0 bridgehead atoms. The fraction of sp³-hybridized carbons (Fsp3) is 0.250. The Bertz CT molecular complexity index is 645. The van der Waals surface area contributed by atoms with Crippen molar-refractivity contribution in [1.82, 2.24) is 4.98 Å².